The monoisotopic (exact) mass is 287 g/mol. The van der Waals surface area contributed by atoms with E-state index in [1.54, 1.807) is 7.11 Å². The number of fused-ring (bicyclic) bond motifs is 1. The minimum absolute atomic E-state index is 0.0244. The highest BCUT2D eigenvalue weighted by Gasteiger charge is 2.34. The Morgan fingerprint density at radius 1 is 1.24 bits per heavy atom. The van der Waals surface area contributed by atoms with Crippen molar-refractivity contribution < 1.29 is 9.15 Å². The molecule has 0 spiro atoms. The van der Waals surface area contributed by atoms with E-state index in [0.29, 0.717) is 6.04 Å². The van der Waals surface area contributed by atoms with Crippen LogP contribution in [0.15, 0.2) is 22.6 Å². The van der Waals surface area contributed by atoms with Gasteiger partial charge in [0.2, 0.25) is 0 Å². The van der Waals surface area contributed by atoms with Gasteiger partial charge >= 0.3 is 0 Å². The van der Waals surface area contributed by atoms with Crippen LogP contribution in [0.5, 0.6) is 5.75 Å². The number of rotatable bonds is 4. The molecule has 1 aromatic carbocycles. The van der Waals surface area contributed by atoms with Crippen molar-refractivity contribution in [3.05, 3.63) is 29.5 Å². The van der Waals surface area contributed by atoms with E-state index in [9.17, 15) is 0 Å². The summed E-state index contributed by atoms with van der Waals surface area (Å²) in [6.07, 6.45) is 2.58. The quantitative estimate of drug-likeness (QED) is 0.904. The second-order valence-corrected chi connectivity index (χ2v) is 7.10. The zero-order chi connectivity index (χ0) is 15.2. The lowest BCUT2D eigenvalue weighted by Gasteiger charge is -2.20. The number of methoxy groups -OCH3 is 1. The van der Waals surface area contributed by atoms with Gasteiger partial charge in [0.15, 0.2) is 0 Å². The van der Waals surface area contributed by atoms with Crippen LogP contribution in [0.1, 0.15) is 51.0 Å². The smallest absolute Gasteiger partial charge is 0.138 e. The highest BCUT2D eigenvalue weighted by molar-refractivity contribution is 5.84. The van der Waals surface area contributed by atoms with Crippen molar-refractivity contribution in [3.63, 3.8) is 0 Å². The Hall–Kier alpha value is -1.48. The van der Waals surface area contributed by atoms with Crippen molar-refractivity contribution in [2.45, 2.75) is 45.1 Å². The van der Waals surface area contributed by atoms with E-state index in [4.69, 9.17) is 9.15 Å². The van der Waals surface area contributed by atoms with Crippen LogP contribution in [0.2, 0.25) is 0 Å². The number of ether oxygens (including phenoxy) is 1. The molecule has 1 aromatic heterocycles. The normalized spacial score (nSPS) is 17.2. The molecule has 21 heavy (non-hydrogen) atoms. The van der Waals surface area contributed by atoms with Gasteiger partial charge in [0, 0.05) is 10.9 Å². The van der Waals surface area contributed by atoms with Crippen molar-refractivity contribution in [2.75, 3.05) is 14.2 Å². The Morgan fingerprint density at radius 2 is 1.95 bits per heavy atom. The van der Waals surface area contributed by atoms with Gasteiger partial charge in [-0.25, -0.2) is 0 Å². The molecule has 1 aliphatic rings. The summed E-state index contributed by atoms with van der Waals surface area (Å²) in [5.74, 6) is 2.66. The molecule has 1 saturated carbocycles. The Morgan fingerprint density at radius 3 is 2.48 bits per heavy atom. The molecule has 1 fully saturated rings. The van der Waals surface area contributed by atoms with Crippen LogP contribution in [-0.4, -0.2) is 14.2 Å². The first kappa shape index (κ1) is 14.5. The summed E-state index contributed by atoms with van der Waals surface area (Å²) in [5, 5.41) is 4.54. The van der Waals surface area contributed by atoms with Gasteiger partial charge < -0.3 is 14.5 Å². The number of nitrogens with one attached hydrogen (secondary N) is 1. The van der Waals surface area contributed by atoms with Crippen molar-refractivity contribution >= 4 is 11.0 Å². The Bertz CT molecular complexity index is 647. The molecule has 1 aliphatic carbocycles. The maximum atomic E-state index is 6.26. The van der Waals surface area contributed by atoms with Gasteiger partial charge in [-0.1, -0.05) is 20.8 Å². The van der Waals surface area contributed by atoms with Gasteiger partial charge in [-0.05, 0) is 49.4 Å². The Balaban J connectivity index is 2.15. The Labute approximate surface area is 126 Å². The summed E-state index contributed by atoms with van der Waals surface area (Å²) in [6, 6.07) is 6.67. The van der Waals surface area contributed by atoms with Gasteiger partial charge in [-0.3, -0.25) is 0 Å². The molecule has 114 valence electrons. The number of hydrogen-bond donors (Lipinski definition) is 1. The molecule has 1 heterocycles. The zero-order valence-corrected chi connectivity index (χ0v) is 13.6. The summed E-state index contributed by atoms with van der Waals surface area (Å²) < 4.78 is 11.7. The second-order valence-electron chi connectivity index (χ2n) is 7.10. The summed E-state index contributed by atoms with van der Waals surface area (Å²) in [6.45, 7) is 6.62. The van der Waals surface area contributed by atoms with Gasteiger partial charge in [0.25, 0.3) is 0 Å². The summed E-state index contributed by atoms with van der Waals surface area (Å²) in [5.41, 5.74) is 2.23. The lowest BCUT2D eigenvalue weighted by atomic mass is 9.86. The second kappa shape index (κ2) is 5.06. The molecule has 3 nitrogen and oxygen atoms in total. The average Bonchev–Trinajstić information content (AvgIpc) is 3.16. The lowest BCUT2D eigenvalue weighted by molar-refractivity contribution is 0.409. The molecular weight excluding hydrogens is 262 g/mol. The van der Waals surface area contributed by atoms with Crippen LogP contribution in [0.25, 0.3) is 11.0 Å². The molecule has 0 bridgehead atoms. The third kappa shape index (κ3) is 2.67. The van der Waals surface area contributed by atoms with Crippen LogP contribution >= 0.6 is 0 Å². The molecular formula is C18H25NO2. The standard InChI is InChI=1S/C18H25NO2/c1-18(2,3)14-10-13(20-5)8-12-9-15(21-17(12)14)16(19-4)11-6-7-11/h8-11,16,19H,6-7H2,1-5H3. The summed E-state index contributed by atoms with van der Waals surface area (Å²) in [7, 11) is 3.73. The molecule has 0 amide bonds. The van der Waals surface area contributed by atoms with E-state index in [1.165, 1.54) is 18.4 Å². The van der Waals surface area contributed by atoms with E-state index in [0.717, 1.165) is 28.4 Å². The fraction of sp³-hybridized carbons (Fsp3) is 0.556. The van der Waals surface area contributed by atoms with Crippen molar-refractivity contribution in [1.82, 2.24) is 5.32 Å². The number of furan rings is 1. The van der Waals surface area contributed by atoms with Gasteiger partial charge in [0.05, 0.1) is 13.2 Å². The van der Waals surface area contributed by atoms with Crippen LogP contribution in [0.4, 0.5) is 0 Å². The maximum Gasteiger partial charge on any atom is 0.138 e. The van der Waals surface area contributed by atoms with Gasteiger partial charge in [0.1, 0.15) is 17.1 Å². The lowest BCUT2D eigenvalue weighted by Crippen LogP contribution is -2.17. The first-order chi connectivity index (χ1) is 9.94. The molecule has 1 atom stereocenters. The molecule has 1 N–H and O–H groups in total. The summed E-state index contributed by atoms with van der Waals surface area (Å²) in [4.78, 5) is 0. The number of hydrogen-bond acceptors (Lipinski definition) is 3. The molecule has 0 radical (unpaired) electrons. The SMILES string of the molecule is CNC(c1cc2cc(OC)cc(C(C)(C)C)c2o1)C1CC1. The fourth-order valence-corrected chi connectivity index (χ4v) is 3.01. The van der Waals surface area contributed by atoms with Crippen LogP contribution in [-0.2, 0) is 5.41 Å². The summed E-state index contributed by atoms with van der Waals surface area (Å²) >= 11 is 0. The van der Waals surface area contributed by atoms with E-state index >= 15 is 0 Å². The minimum Gasteiger partial charge on any atom is -0.497 e. The highest BCUT2D eigenvalue weighted by Crippen LogP contribution is 2.43. The van der Waals surface area contributed by atoms with Crippen molar-refractivity contribution in [2.24, 2.45) is 5.92 Å². The fourth-order valence-electron chi connectivity index (χ4n) is 3.01. The van der Waals surface area contributed by atoms with Gasteiger partial charge in [-0.15, -0.1) is 0 Å². The average molecular weight is 287 g/mol. The van der Waals surface area contributed by atoms with E-state index in [1.807, 2.05) is 7.05 Å². The molecule has 0 aliphatic heterocycles. The molecule has 0 saturated heterocycles. The zero-order valence-electron chi connectivity index (χ0n) is 13.6. The first-order valence-electron chi connectivity index (χ1n) is 7.73. The van der Waals surface area contributed by atoms with Gasteiger partial charge in [-0.2, -0.15) is 0 Å². The van der Waals surface area contributed by atoms with Crippen LogP contribution in [0.3, 0.4) is 0 Å². The molecule has 3 heteroatoms. The van der Waals surface area contributed by atoms with E-state index in [2.05, 4.69) is 44.3 Å². The predicted molar refractivity (Wildman–Crippen MR) is 86.0 cm³/mol. The maximum absolute atomic E-state index is 6.26. The van der Waals surface area contributed by atoms with Crippen LogP contribution in [0, 0.1) is 5.92 Å². The molecule has 1 unspecified atom stereocenters. The third-order valence-electron chi connectivity index (χ3n) is 4.36. The molecule has 2 aromatic rings. The predicted octanol–water partition coefficient (Wildman–Crippen LogP) is 4.41. The minimum atomic E-state index is 0.0244. The van der Waals surface area contributed by atoms with Crippen molar-refractivity contribution in [1.29, 1.82) is 0 Å². The topological polar surface area (TPSA) is 34.4 Å². The van der Waals surface area contributed by atoms with Crippen LogP contribution < -0.4 is 10.1 Å². The number of benzene rings is 1. The van der Waals surface area contributed by atoms with Crippen molar-refractivity contribution in [3.8, 4) is 5.75 Å². The van der Waals surface area contributed by atoms with E-state index < -0.39 is 0 Å². The first-order valence-corrected chi connectivity index (χ1v) is 7.73. The third-order valence-corrected chi connectivity index (χ3v) is 4.36. The van der Waals surface area contributed by atoms with E-state index in [-0.39, 0.29) is 5.41 Å². The largest absolute Gasteiger partial charge is 0.497 e. The highest BCUT2D eigenvalue weighted by atomic mass is 16.5. The molecule has 3 rings (SSSR count). The Kier molecular flexibility index (Phi) is 3.48.